The number of piperazine rings is 1. The number of rotatable bonds is 5. The zero-order valence-electron chi connectivity index (χ0n) is 18.4. The Morgan fingerprint density at radius 3 is 2.19 bits per heavy atom. The maximum absolute atomic E-state index is 5.44. The molecule has 0 aliphatic carbocycles. The summed E-state index contributed by atoms with van der Waals surface area (Å²) in [6, 6.07) is 19.6. The molecule has 0 unspecified atom stereocenters. The number of benzene rings is 2. The number of aliphatic imine (C=N–C) groups is 1. The summed E-state index contributed by atoms with van der Waals surface area (Å²) < 4.78 is 5.44. The molecule has 4 rings (SSSR count). The smallest absolute Gasteiger partial charge is 0.194 e. The molecule has 2 aromatic carbocycles. The van der Waals surface area contributed by atoms with E-state index in [0.29, 0.717) is 0 Å². The Kier molecular flexibility index (Phi) is 9.42. The van der Waals surface area contributed by atoms with Crippen LogP contribution in [-0.2, 0) is 17.8 Å². The van der Waals surface area contributed by atoms with Gasteiger partial charge in [-0.3, -0.25) is 9.89 Å². The van der Waals surface area contributed by atoms with Crippen molar-refractivity contribution in [3.8, 4) is 0 Å². The van der Waals surface area contributed by atoms with E-state index in [9.17, 15) is 0 Å². The second kappa shape index (κ2) is 12.3. The molecule has 2 aliphatic heterocycles. The van der Waals surface area contributed by atoms with Crippen molar-refractivity contribution >= 4 is 35.6 Å². The van der Waals surface area contributed by atoms with Gasteiger partial charge in [-0.2, -0.15) is 0 Å². The minimum Gasteiger partial charge on any atom is -0.378 e. The largest absolute Gasteiger partial charge is 0.378 e. The number of ether oxygens (including phenoxy) is 1. The van der Waals surface area contributed by atoms with Crippen molar-refractivity contribution < 1.29 is 4.74 Å². The first-order valence-electron chi connectivity index (χ1n) is 11.0. The lowest BCUT2D eigenvalue weighted by molar-refractivity contribution is 0.122. The van der Waals surface area contributed by atoms with E-state index in [0.717, 1.165) is 71.5 Å². The molecule has 2 aromatic rings. The highest BCUT2D eigenvalue weighted by Gasteiger charge is 2.19. The molecule has 2 fully saturated rings. The number of nitrogens with one attached hydrogen (secondary N) is 1. The summed E-state index contributed by atoms with van der Waals surface area (Å²) in [4.78, 5) is 11.8. The Hall–Kier alpha value is -1.84. The topological polar surface area (TPSA) is 43.3 Å². The summed E-state index contributed by atoms with van der Waals surface area (Å²) in [7, 11) is 1.88. The predicted molar refractivity (Wildman–Crippen MR) is 138 cm³/mol. The number of halogens is 1. The van der Waals surface area contributed by atoms with Gasteiger partial charge in [-0.05, 0) is 23.3 Å². The van der Waals surface area contributed by atoms with E-state index in [1.807, 2.05) is 7.05 Å². The first kappa shape index (κ1) is 23.8. The fourth-order valence-electron chi connectivity index (χ4n) is 4.12. The number of morpholine rings is 1. The molecule has 31 heavy (non-hydrogen) atoms. The van der Waals surface area contributed by atoms with Crippen LogP contribution < -0.4 is 10.2 Å². The highest BCUT2D eigenvalue weighted by Crippen LogP contribution is 2.17. The third-order valence-electron chi connectivity index (χ3n) is 5.90. The first-order chi connectivity index (χ1) is 14.8. The highest BCUT2D eigenvalue weighted by atomic mass is 127. The third-order valence-corrected chi connectivity index (χ3v) is 5.90. The minimum atomic E-state index is 0. The van der Waals surface area contributed by atoms with Gasteiger partial charge in [-0.1, -0.05) is 42.5 Å². The van der Waals surface area contributed by atoms with Gasteiger partial charge in [0, 0.05) is 65.1 Å². The summed E-state index contributed by atoms with van der Waals surface area (Å²) in [5, 5.41) is 3.54. The van der Waals surface area contributed by atoms with Crippen LogP contribution in [0.4, 0.5) is 5.69 Å². The van der Waals surface area contributed by atoms with Crippen LogP contribution in [0, 0.1) is 0 Å². The summed E-state index contributed by atoms with van der Waals surface area (Å²) in [5.41, 5.74) is 3.94. The molecule has 0 atom stereocenters. The van der Waals surface area contributed by atoms with Crippen molar-refractivity contribution in [3.63, 3.8) is 0 Å². The van der Waals surface area contributed by atoms with Gasteiger partial charge in [0.15, 0.2) is 5.96 Å². The van der Waals surface area contributed by atoms with Crippen molar-refractivity contribution in [1.82, 2.24) is 15.1 Å². The van der Waals surface area contributed by atoms with Crippen LogP contribution in [0.3, 0.4) is 0 Å². The molecule has 168 valence electrons. The molecule has 0 amide bonds. The van der Waals surface area contributed by atoms with Gasteiger partial charge in [-0.15, -0.1) is 24.0 Å². The van der Waals surface area contributed by atoms with Crippen molar-refractivity contribution in [1.29, 1.82) is 0 Å². The molecule has 0 saturated carbocycles. The van der Waals surface area contributed by atoms with Gasteiger partial charge < -0.3 is 19.9 Å². The standard InChI is InChI=1S/C24H33N5O.HI/c1-25-24(29-13-11-27(12-14-29)20-22-5-3-2-4-6-22)26-19-21-7-9-23(10-8-21)28-15-17-30-18-16-28;/h2-10H,11-20H2,1H3,(H,25,26);1H. The molecule has 0 bridgehead atoms. The van der Waals surface area contributed by atoms with Gasteiger partial charge in [0.05, 0.1) is 13.2 Å². The zero-order chi connectivity index (χ0) is 20.6. The monoisotopic (exact) mass is 535 g/mol. The van der Waals surface area contributed by atoms with Crippen LogP contribution in [-0.4, -0.2) is 75.3 Å². The molecule has 2 saturated heterocycles. The van der Waals surface area contributed by atoms with E-state index in [1.165, 1.54) is 16.8 Å². The van der Waals surface area contributed by atoms with Crippen molar-refractivity contribution in [2.24, 2.45) is 4.99 Å². The Balaban J connectivity index is 0.00000272. The van der Waals surface area contributed by atoms with Gasteiger partial charge in [0.25, 0.3) is 0 Å². The number of hydrogen-bond donors (Lipinski definition) is 1. The molecular weight excluding hydrogens is 501 g/mol. The molecule has 0 spiro atoms. The molecule has 0 radical (unpaired) electrons. The molecular formula is C24H34IN5O. The molecule has 7 heteroatoms. The Bertz CT molecular complexity index is 800. The predicted octanol–water partition coefficient (Wildman–Crippen LogP) is 3.03. The zero-order valence-corrected chi connectivity index (χ0v) is 20.7. The van der Waals surface area contributed by atoms with Gasteiger partial charge in [-0.25, -0.2) is 0 Å². The van der Waals surface area contributed by atoms with Gasteiger partial charge in [0.1, 0.15) is 0 Å². The summed E-state index contributed by atoms with van der Waals surface area (Å²) in [6.07, 6.45) is 0. The molecule has 2 aliphatic rings. The van der Waals surface area contributed by atoms with E-state index in [1.54, 1.807) is 0 Å². The van der Waals surface area contributed by atoms with E-state index < -0.39 is 0 Å². The van der Waals surface area contributed by atoms with Crippen LogP contribution in [0.2, 0.25) is 0 Å². The maximum Gasteiger partial charge on any atom is 0.194 e. The molecule has 1 N–H and O–H groups in total. The SMILES string of the molecule is CN=C(NCc1ccc(N2CCOCC2)cc1)N1CCN(Cc2ccccc2)CC1.I. The Morgan fingerprint density at radius 2 is 1.55 bits per heavy atom. The van der Waals surface area contributed by atoms with E-state index >= 15 is 0 Å². The highest BCUT2D eigenvalue weighted by molar-refractivity contribution is 14.0. The average molecular weight is 535 g/mol. The van der Waals surface area contributed by atoms with Gasteiger partial charge in [0.2, 0.25) is 0 Å². The summed E-state index contributed by atoms with van der Waals surface area (Å²) >= 11 is 0. The lowest BCUT2D eigenvalue weighted by atomic mass is 10.2. The fourth-order valence-corrected chi connectivity index (χ4v) is 4.12. The molecule has 6 nitrogen and oxygen atoms in total. The van der Waals surface area contributed by atoms with E-state index in [2.05, 4.69) is 79.6 Å². The lowest BCUT2D eigenvalue weighted by Crippen LogP contribution is -2.52. The number of hydrogen-bond acceptors (Lipinski definition) is 4. The van der Waals surface area contributed by atoms with Crippen LogP contribution in [0.15, 0.2) is 59.6 Å². The van der Waals surface area contributed by atoms with Crippen LogP contribution >= 0.6 is 24.0 Å². The maximum atomic E-state index is 5.44. The molecule has 0 aromatic heterocycles. The van der Waals surface area contributed by atoms with Gasteiger partial charge >= 0.3 is 0 Å². The third kappa shape index (κ3) is 6.82. The summed E-state index contributed by atoms with van der Waals surface area (Å²) in [6.45, 7) is 9.52. The second-order valence-electron chi connectivity index (χ2n) is 7.92. The number of guanidine groups is 1. The lowest BCUT2D eigenvalue weighted by Gasteiger charge is -2.36. The normalized spacial score (nSPS) is 17.9. The van der Waals surface area contributed by atoms with E-state index in [-0.39, 0.29) is 24.0 Å². The average Bonchev–Trinajstić information content (AvgIpc) is 2.82. The fraction of sp³-hybridized carbons (Fsp3) is 0.458. The number of anilines is 1. The number of nitrogens with zero attached hydrogens (tertiary/aromatic N) is 4. The van der Waals surface area contributed by atoms with Crippen LogP contribution in [0.5, 0.6) is 0 Å². The first-order valence-corrected chi connectivity index (χ1v) is 11.0. The Labute approximate surface area is 203 Å². The van der Waals surface area contributed by atoms with E-state index in [4.69, 9.17) is 4.74 Å². The van der Waals surface area contributed by atoms with Crippen molar-refractivity contribution in [3.05, 3.63) is 65.7 Å². The van der Waals surface area contributed by atoms with Crippen molar-refractivity contribution in [2.45, 2.75) is 13.1 Å². The summed E-state index contributed by atoms with van der Waals surface area (Å²) in [5.74, 6) is 0.992. The van der Waals surface area contributed by atoms with Crippen LogP contribution in [0.25, 0.3) is 0 Å². The minimum absolute atomic E-state index is 0. The molecule has 2 heterocycles. The second-order valence-corrected chi connectivity index (χ2v) is 7.92. The van der Waals surface area contributed by atoms with Crippen LogP contribution in [0.1, 0.15) is 11.1 Å². The van der Waals surface area contributed by atoms with Crippen molar-refractivity contribution in [2.75, 3.05) is 64.4 Å². The quantitative estimate of drug-likeness (QED) is 0.363. The Morgan fingerprint density at radius 1 is 0.871 bits per heavy atom.